The van der Waals surface area contributed by atoms with Crippen molar-refractivity contribution in [2.45, 2.75) is 77.5 Å². The molecule has 0 amide bonds. The quantitative estimate of drug-likeness (QED) is 0.802. The van der Waals surface area contributed by atoms with E-state index in [1.807, 2.05) is 0 Å². The van der Waals surface area contributed by atoms with E-state index in [1.54, 1.807) is 0 Å². The summed E-state index contributed by atoms with van der Waals surface area (Å²) < 4.78 is 6.31. The van der Waals surface area contributed by atoms with Crippen LogP contribution in [0.2, 0.25) is 0 Å². The minimum Gasteiger partial charge on any atom is -0.490 e. The number of hydrogen-bond acceptors (Lipinski definition) is 3. The van der Waals surface area contributed by atoms with Crippen molar-refractivity contribution in [2.75, 3.05) is 18.0 Å². The van der Waals surface area contributed by atoms with E-state index in [4.69, 9.17) is 4.74 Å². The highest BCUT2D eigenvalue weighted by molar-refractivity contribution is 5.59. The van der Waals surface area contributed by atoms with E-state index in [0.717, 1.165) is 18.7 Å². The van der Waals surface area contributed by atoms with Crippen molar-refractivity contribution in [1.82, 2.24) is 5.32 Å². The van der Waals surface area contributed by atoms with Crippen LogP contribution < -0.4 is 15.0 Å². The minimum atomic E-state index is 0.439. The van der Waals surface area contributed by atoms with Crippen molar-refractivity contribution in [3.63, 3.8) is 0 Å². The van der Waals surface area contributed by atoms with Crippen LogP contribution in [0.3, 0.4) is 0 Å². The van der Waals surface area contributed by atoms with Crippen molar-refractivity contribution in [3.05, 3.63) is 23.8 Å². The summed E-state index contributed by atoms with van der Waals surface area (Å²) in [6.07, 6.45) is 9.33. The third-order valence-corrected chi connectivity index (χ3v) is 5.39. The lowest BCUT2D eigenvalue weighted by molar-refractivity contribution is 0.119. The predicted octanol–water partition coefficient (Wildman–Crippen LogP) is 4.50. The fourth-order valence-corrected chi connectivity index (χ4v) is 3.36. The maximum absolute atomic E-state index is 6.31. The van der Waals surface area contributed by atoms with Crippen LogP contribution in [0.5, 0.6) is 5.75 Å². The van der Waals surface area contributed by atoms with Gasteiger partial charge in [-0.3, -0.25) is 0 Å². The van der Waals surface area contributed by atoms with Gasteiger partial charge in [-0.15, -0.1) is 0 Å². The Kier molecular flexibility index (Phi) is 5.82. The zero-order valence-electron chi connectivity index (χ0n) is 14.8. The summed E-state index contributed by atoms with van der Waals surface area (Å²) >= 11 is 0. The third kappa shape index (κ3) is 4.20. The van der Waals surface area contributed by atoms with Gasteiger partial charge in [-0.1, -0.05) is 13.0 Å². The largest absolute Gasteiger partial charge is 0.490 e. The van der Waals surface area contributed by atoms with E-state index >= 15 is 0 Å². The number of ether oxygens (including phenoxy) is 1. The maximum Gasteiger partial charge on any atom is 0.126 e. The fraction of sp³-hybridized carbons (Fsp3) is 0.700. The maximum atomic E-state index is 6.31. The Morgan fingerprint density at radius 2 is 1.96 bits per heavy atom. The molecule has 1 aromatic carbocycles. The van der Waals surface area contributed by atoms with E-state index < -0.39 is 0 Å². The van der Waals surface area contributed by atoms with Gasteiger partial charge in [0.1, 0.15) is 5.75 Å². The Hall–Kier alpha value is -1.22. The normalized spacial score (nSPS) is 20.2. The van der Waals surface area contributed by atoms with Crippen LogP contribution in [0.25, 0.3) is 0 Å². The average Bonchev–Trinajstić information content (AvgIpc) is 2.57. The van der Waals surface area contributed by atoms with Crippen LogP contribution in [-0.4, -0.2) is 25.2 Å². The highest BCUT2D eigenvalue weighted by atomic mass is 16.5. The Balaban J connectivity index is 1.81. The molecule has 0 spiro atoms. The number of hydrogen-bond donors (Lipinski definition) is 1. The van der Waals surface area contributed by atoms with Gasteiger partial charge in [0.05, 0.1) is 6.10 Å². The lowest BCUT2D eigenvalue weighted by Gasteiger charge is -2.33. The number of rotatable bonds is 7. The van der Waals surface area contributed by atoms with Crippen molar-refractivity contribution in [3.8, 4) is 5.75 Å². The molecule has 0 bridgehead atoms. The Bertz CT molecular complexity index is 492. The number of piperidine rings is 1. The van der Waals surface area contributed by atoms with Gasteiger partial charge in [0.15, 0.2) is 0 Å². The molecule has 3 rings (SSSR count). The number of benzene rings is 1. The summed E-state index contributed by atoms with van der Waals surface area (Å²) in [6.45, 7) is 7.77. The van der Waals surface area contributed by atoms with Crippen LogP contribution >= 0.6 is 0 Å². The van der Waals surface area contributed by atoms with Crippen molar-refractivity contribution < 1.29 is 4.74 Å². The molecule has 23 heavy (non-hydrogen) atoms. The fourth-order valence-electron chi connectivity index (χ4n) is 3.36. The number of anilines is 1. The van der Waals surface area contributed by atoms with Gasteiger partial charge >= 0.3 is 0 Å². The Morgan fingerprint density at radius 1 is 1.17 bits per heavy atom. The zero-order valence-corrected chi connectivity index (χ0v) is 14.8. The average molecular weight is 316 g/mol. The topological polar surface area (TPSA) is 24.5 Å². The molecule has 2 aliphatic rings. The second-order valence-corrected chi connectivity index (χ2v) is 7.16. The molecule has 1 heterocycles. The summed E-state index contributed by atoms with van der Waals surface area (Å²) in [7, 11) is 0. The molecule has 0 radical (unpaired) electrons. The molecule has 1 saturated carbocycles. The van der Waals surface area contributed by atoms with Gasteiger partial charge < -0.3 is 15.0 Å². The van der Waals surface area contributed by atoms with Gasteiger partial charge in [0.2, 0.25) is 0 Å². The van der Waals surface area contributed by atoms with Gasteiger partial charge in [-0.25, -0.2) is 0 Å². The molecule has 1 aliphatic heterocycles. The monoisotopic (exact) mass is 316 g/mol. The molecule has 128 valence electrons. The second kappa shape index (κ2) is 8.05. The van der Waals surface area contributed by atoms with Crippen molar-refractivity contribution >= 4 is 5.69 Å². The van der Waals surface area contributed by atoms with E-state index in [1.165, 1.54) is 62.9 Å². The first-order valence-electron chi connectivity index (χ1n) is 9.54. The summed E-state index contributed by atoms with van der Waals surface area (Å²) in [6, 6.07) is 7.16. The summed E-state index contributed by atoms with van der Waals surface area (Å²) in [5, 5.41) is 3.67. The lowest BCUT2D eigenvalue weighted by Crippen LogP contribution is -2.32. The molecule has 1 aliphatic carbocycles. The first kappa shape index (κ1) is 16.6. The molecule has 2 fully saturated rings. The SMILES string of the molecule is CCC(C)NCc1c(OC2CCC2)cccc1N1CCCCC1. The molecule has 1 atom stereocenters. The Morgan fingerprint density at radius 3 is 2.61 bits per heavy atom. The summed E-state index contributed by atoms with van der Waals surface area (Å²) in [5.74, 6) is 1.11. The van der Waals surface area contributed by atoms with E-state index in [-0.39, 0.29) is 0 Å². The highest BCUT2D eigenvalue weighted by Gasteiger charge is 2.23. The van der Waals surface area contributed by atoms with Crippen LogP contribution in [-0.2, 0) is 6.54 Å². The van der Waals surface area contributed by atoms with Gasteiger partial charge in [-0.2, -0.15) is 0 Å². The third-order valence-electron chi connectivity index (χ3n) is 5.39. The molecule has 0 aromatic heterocycles. The van der Waals surface area contributed by atoms with Gasteiger partial charge in [0, 0.05) is 36.9 Å². The number of nitrogens with zero attached hydrogens (tertiary/aromatic N) is 1. The molecular formula is C20H32N2O. The van der Waals surface area contributed by atoms with Crippen LogP contribution in [0.15, 0.2) is 18.2 Å². The molecule has 1 N–H and O–H groups in total. The van der Waals surface area contributed by atoms with Crippen LogP contribution in [0, 0.1) is 0 Å². The molecule has 3 heteroatoms. The highest BCUT2D eigenvalue weighted by Crippen LogP contribution is 2.34. The smallest absolute Gasteiger partial charge is 0.126 e. The molecule has 3 nitrogen and oxygen atoms in total. The zero-order chi connectivity index (χ0) is 16.1. The summed E-state index contributed by atoms with van der Waals surface area (Å²) in [5.41, 5.74) is 2.75. The lowest BCUT2D eigenvalue weighted by atomic mass is 9.96. The van der Waals surface area contributed by atoms with Crippen LogP contribution in [0.1, 0.15) is 64.4 Å². The van der Waals surface area contributed by atoms with Crippen molar-refractivity contribution in [2.24, 2.45) is 0 Å². The van der Waals surface area contributed by atoms with Crippen molar-refractivity contribution in [1.29, 1.82) is 0 Å². The first-order valence-corrected chi connectivity index (χ1v) is 9.54. The Labute approximate surface area is 141 Å². The number of nitrogens with one attached hydrogen (secondary N) is 1. The standard InChI is InChI=1S/C20H32N2O/c1-3-16(2)21-15-18-19(22-13-5-4-6-14-22)11-8-12-20(18)23-17-9-7-10-17/h8,11-12,16-17,21H,3-7,9-10,13-15H2,1-2H3. The minimum absolute atomic E-state index is 0.439. The van der Waals surface area contributed by atoms with Crippen LogP contribution in [0.4, 0.5) is 5.69 Å². The van der Waals surface area contributed by atoms with E-state index in [9.17, 15) is 0 Å². The van der Waals surface area contributed by atoms with Gasteiger partial charge in [-0.05, 0) is 64.0 Å². The first-order chi connectivity index (χ1) is 11.3. The second-order valence-electron chi connectivity index (χ2n) is 7.16. The molecule has 1 saturated heterocycles. The predicted molar refractivity (Wildman–Crippen MR) is 97.4 cm³/mol. The van der Waals surface area contributed by atoms with Gasteiger partial charge in [0.25, 0.3) is 0 Å². The van der Waals surface area contributed by atoms with E-state index in [2.05, 4.69) is 42.3 Å². The molecular weight excluding hydrogens is 284 g/mol. The van der Waals surface area contributed by atoms with E-state index in [0.29, 0.717) is 12.1 Å². The summed E-state index contributed by atoms with van der Waals surface area (Å²) in [4.78, 5) is 2.56. The molecule has 1 unspecified atom stereocenters. The molecule has 1 aromatic rings.